The number of hydrogen-bond acceptors (Lipinski definition) is 4. The normalized spacial score (nSPS) is 23.4. The summed E-state index contributed by atoms with van der Waals surface area (Å²) in [6.07, 6.45) is 0.742. The van der Waals surface area contributed by atoms with E-state index in [0.717, 1.165) is 5.56 Å². The Kier molecular flexibility index (Phi) is 3.88. The fourth-order valence-electron chi connectivity index (χ4n) is 2.24. The van der Waals surface area contributed by atoms with Gasteiger partial charge in [0.15, 0.2) is 0 Å². The molecule has 1 aliphatic heterocycles. The summed E-state index contributed by atoms with van der Waals surface area (Å²) >= 11 is 0. The number of ketones is 1. The lowest BCUT2D eigenvalue weighted by molar-refractivity contribution is -0.183. The number of phenols is 1. The Morgan fingerprint density at radius 1 is 1.37 bits per heavy atom. The fourth-order valence-corrected chi connectivity index (χ4v) is 2.24. The third-order valence-corrected chi connectivity index (χ3v) is 3.62. The zero-order valence-corrected chi connectivity index (χ0v) is 11.1. The number of ether oxygens (including phenoxy) is 1. The smallest absolute Gasteiger partial charge is 0.313 e. The van der Waals surface area contributed by atoms with E-state index in [1.54, 1.807) is 24.3 Å². The number of Topliss-reactive ketones (excluding diaryl/α,β-unsaturated/α-hetero) is 1. The molecule has 0 bridgehead atoms. The highest BCUT2D eigenvalue weighted by molar-refractivity contribution is 5.88. The van der Waals surface area contributed by atoms with Crippen LogP contribution in [0.25, 0.3) is 0 Å². The van der Waals surface area contributed by atoms with Crippen molar-refractivity contribution in [2.75, 3.05) is 0 Å². The number of carbonyl (C=O) groups is 2. The summed E-state index contributed by atoms with van der Waals surface area (Å²) in [5, 5.41) is 9.20. The van der Waals surface area contributed by atoms with E-state index in [9.17, 15) is 14.7 Å². The Bertz CT molecular complexity index is 477. The maximum atomic E-state index is 12.1. The Balaban J connectivity index is 1.88. The summed E-state index contributed by atoms with van der Waals surface area (Å²) in [6.45, 7) is 3.67. The van der Waals surface area contributed by atoms with Gasteiger partial charge in [0.2, 0.25) is 0 Å². The van der Waals surface area contributed by atoms with Crippen molar-refractivity contribution in [1.82, 2.24) is 0 Å². The molecule has 0 amide bonds. The molecule has 1 N–H and O–H groups in total. The van der Waals surface area contributed by atoms with E-state index in [-0.39, 0.29) is 41.9 Å². The maximum absolute atomic E-state index is 12.1. The summed E-state index contributed by atoms with van der Waals surface area (Å²) in [5.74, 6) is -0.368. The first-order chi connectivity index (χ1) is 8.97. The van der Waals surface area contributed by atoms with Gasteiger partial charge in [-0.25, -0.2) is 0 Å². The molecule has 0 spiro atoms. The third kappa shape index (κ3) is 3.13. The van der Waals surface area contributed by atoms with Crippen molar-refractivity contribution in [2.45, 2.75) is 32.8 Å². The summed E-state index contributed by atoms with van der Waals surface area (Å²) < 4.78 is 4.84. The second kappa shape index (κ2) is 5.43. The van der Waals surface area contributed by atoms with Crippen LogP contribution in [0.2, 0.25) is 0 Å². The Morgan fingerprint density at radius 2 is 2.00 bits per heavy atom. The molecule has 4 nitrogen and oxygen atoms in total. The third-order valence-electron chi connectivity index (χ3n) is 3.62. The fraction of sp³-hybridized carbons (Fsp3) is 0.467. The van der Waals surface area contributed by atoms with Gasteiger partial charge < -0.3 is 9.84 Å². The van der Waals surface area contributed by atoms with Crippen LogP contribution in [-0.2, 0) is 20.7 Å². The summed E-state index contributed by atoms with van der Waals surface area (Å²) in [7, 11) is 0. The van der Waals surface area contributed by atoms with Gasteiger partial charge in [0.25, 0.3) is 0 Å². The van der Waals surface area contributed by atoms with Crippen LogP contribution in [0.5, 0.6) is 5.75 Å². The molecule has 4 heteroatoms. The van der Waals surface area contributed by atoms with E-state index in [2.05, 4.69) is 0 Å². The summed E-state index contributed by atoms with van der Waals surface area (Å²) in [4.78, 5) is 23.2. The number of carbonyl (C=O) groups excluding carboxylic acids is 2. The van der Waals surface area contributed by atoms with Gasteiger partial charge in [-0.2, -0.15) is 0 Å². The van der Waals surface area contributed by atoms with Crippen molar-refractivity contribution in [3.63, 3.8) is 0 Å². The topological polar surface area (TPSA) is 63.6 Å². The zero-order chi connectivity index (χ0) is 14.0. The number of hydrogen-bond donors (Lipinski definition) is 1. The number of esters is 1. The van der Waals surface area contributed by atoms with Crippen LogP contribution in [0.1, 0.15) is 25.8 Å². The van der Waals surface area contributed by atoms with Crippen LogP contribution in [0.4, 0.5) is 0 Å². The molecule has 102 valence electrons. The molecule has 1 heterocycles. The second-order valence-corrected chi connectivity index (χ2v) is 5.19. The number of phenolic OH excluding ortho intramolecular Hbond substituents is 1. The van der Waals surface area contributed by atoms with Gasteiger partial charge in [-0.15, -0.1) is 0 Å². The lowest BCUT2D eigenvalue weighted by Crippen LogP contribution is -2.44. The van der Waals surface area contributed by atoms with Gasteiger partial charge in [0, 0.05) is 12.3 Å². The standard InChI is InChI=1S/C15H18O4/c1-9(7-11-3-5-12(16)6-4-11)14(17)8-13-10(2)19-15(13)18/h3-6,9-10,13,16H,7-8H2,1-2H3/t9-,10+,13-/m0/s1. The number of benzene rings is 1. The van der Waals surface area contributed by atoms with Crippen LogP contribution in [0.15, 0.2) is 24.3 Å². The first-order valence-electron chi connectivity index (χ1n) is 6.48. The minimum Gasteiger partial charge on any atom is -0.508 e. The van der Waals surface area contributed by atoms with Crippen LogP contribution in [0.3, 0.4) is 0 Å². The average Bonchev–Trinajstić information content (AvgIpc) is 2.38. The van der Waals surface area contributed by atoms with E-state index < -0.39 is 0 Å². The van der Waals surface area contributed by atoms with E-state index in [4.69, 9.17) is 4.74 Å². The number of aromatic hydroxyl groups is 1. The molecular weight excluding hydrogens is 244 g/mol. The van der Waals surface area contributed by atoms with Crippen molar-refractivity contribution in [3.05, 3.63) is 29.8 Å². The molecule has 1 aliphatic rings. The molecule has 1 saturated heterocycles. The van der Waals surface area contributed by atoms with E-state index in [1.807, 2.05) is 13.8 Å². The molecule has 0 aliphatic carbocycles. The van der Waals surface area contributed by atoms with Gasteiger partial charge in [0.1, 0.15) is 23.6 Å². The van der Waals surface area contributed by atoms with E-state index in [1.165, 1.54) is 0 Å². The van der Waals surface area contributed by atoms with Crippen LogP contribution in [-0.4, -0.2) is 23.0 Å². The van der Waals surface area contributed by atoms with Gasteiger partial charge in [-0.1, -0.05) is 19.1 Å². The molecule has 1 aromatic rings. The monoisotopic (exact) mass is 262 g/mol. The maximum Gasteiger partial charge on any atom is 0.313 e. The SMILES string of the molecule is C[C@@H](Cc1ccc(O)cc1)C(=O)C[C@@H]1C(=O)O[C@@H]1C. The van der Waals surface area contributed by atoms with Gasteiger partial charge in [-0.05, 0) is 31.0 Å². The predicted octanol–water partition coefficient (Wildman–Crippen LogP) is 2.09. The number of cyclic esters (lactones) is 1. The largest absolute Gasteiger partial charge is 0.508 e. The molecule has 2 rings (SSSR count). The van der Waals surface area contributed by atoms with Crippen molar-refractivity contribution in [2.24, 2.45) is 11.8 Å². The average molecular weight is 262 g/mol. The summed E-state index contributed by atoms with van der Waals surface area (Å²) in [6, 6.07) is 6.83. The first-order valence-corrected chi connectivity index (χ1v) is 6.48. The van der Waals surface area contributed by atoms with E-state index in [0.29, 0.717) is 6.42 Å². The first kappa shape index (κ1) is 13.6. The lowest BCUT2D eigenvalue weighted by Gasteiger charge is -2.32. The van der Waals surface area contributed by atoms with Gasteiger partial charge in [-0.3, -0.25) is 9.59 Å². The zero-order valence-electron chi connectivity index (χ0n) is 11.1. The van der Waals surface area contributed by atoms with Crippen molar-refractivity contribution in [1.29, 1.82) is 0 Å². The molecular formula is C15H18O4. The molecule has 0 aromatic heterocycles. The minimum absolute atomic E-state index is 0.0848. The molecule has 0 saturated carbocycles. The highest BCUT2D eigenvalue weighted by Gasteiger charge is 2.40. The Hall–Kier alpha value is -1.84. The van der Waals surface area contributed by atoms with Crippen LogP contribution >= 0.6 is 0 Å². The molecule has 3 atom stereocenters. The van der Waals surface area contributed by atoms with Gasteiger partial charge >= 0.3 is 5.97 Å². The molecule has 0 radical (unpaired) electrons. The number of rotatable bonds is 5. The quantitative estimate of drug-likeness (QED) is 0.825. The Labute approximate surface area is 112 Å². The lowest BCUT2D eigenvalue weighted by atomic mass is 9.86. The van der Waals surface area contributed by atoms with E-state index >= 15 is 0 Å². The molecule has 1 aromatic carbocycles. The van der Waals surface area contributed by atoms with Crippen molar-refractivity contribution >= 4 is 11.8 Å². The van der Waals surface area contributed by atoms with Crippen molar-refractivity contribution in [3.8, 4) is 5.75 Å². The summed E-state index contributed by atoms with van der Waals surface area (Å²) in [5.41, 5.74) is 1.00. The highest BCUT2D eigenvalue weighted by Crippen LogP contribution is 2.27. The molecule has 0 unspecified atom stereocenters. The predicted molar refractivity (Wildman–Crippen MR) is 69.6 cm³/mol. The minimum atomic E-state index is -0.269. The molecule has 1 fully saturated rings. The van der Waals surface area contributed by atoms with Crippen molar-refractivity contribution < 1.29 is 19.4 Å². The Morgan fingerprint density at radius 3 is 2.53 bits per heavy atom. The molecule has 19 heavy (non-hydrogen) atoms. The van der Waals surface area contributed by atoms with Crippen LogP contribution in [0, 0.1) is 11.8 Å². The van der Waals surface area contributed by atoms with Gasteiger partial charge in [0.05, 0.1) is 0 Å². The second-order valence-electron chi connectivity index (χ2n) is 5.19. The highest BCUT2D eigenvalue weighted by atomic mass is 16.6. The van der Waals surface area contributed by atoms with Crippen LogP contribution < -0.4 is 0 Å².